The second-order valence-electron chi connectivity index (χ2n) is 8.54. The number of amides is 2. The normalized spacial score (nSPS) is 20.6. The van der Waals surface area contributed by atoms with E-state index >= 15 is 0 Å². The summed E-state index contributed by atoms with van der Waals surface area (Å²) < 4.78 is 5.38. The highest BCUT2D eigenvalue weighted by atomic mass is 35.5. The number of nitrogens with zero attached hydrogens (tertiary/aromatic N) is 1. The number of halogens is 1. The Balaban J connectivity index is 1.43. The number of rotatable bonds is 4. The molecule has 5 rings (SSSR count). The summed E-state index contributed by atoms with van der Waals surface area (Å²) in [5, 5.41) is 6.62. The zero-order valence-electron chi connectivity index (χ0n) is 18.1. The number of carbonyl (C=O) groups excluding carboxylic acids is 2. The summed E-state index contributed by atoms with van der Waals surface area (Å²) in [6.45, 7) is 6.64. The van der Waals surface area contributed by atoms with Crippen LogP contribution in [-0.2, 0) is 16.0 Å². The molecule has 0 spiro atoms. The lowest BCUT2D eigenvalue weighted by molar-refractivity contribution is -0.110. The Morgan fingerprint density at radius 3 is 2.88 bits per heavy atom. The van der Waals surface area contributed by atoms with Gasteiger partial charge in [0.1, 0.15) is 0 Å². The average molecular weight is 455 g/mol. The van der Waals surface area contributed by atoms with Crippen molar-refractivity contribution in [1.29, 1.82) is 0 Å². The Morgan fingerprint density at radius 1 is 1.25 bits per heavy atom. The highest BCUT2D eigenvalue weighted by molar-refractivity contribution is 6.38. The molecule has 0 bridgehead atoms. The summed E-state index contributed by atoms with van der Waals surface area (Å²) in [4.78, 5) is 31.7. The monoisotopic (exact) mass is 454 g/mol. The molecule has 168 valence electrons. The zero-order valence-corrected chi connectivity index (χ0v) is 18.9. The number of allylic oxidation sites excluding steroid dienone is 1. The number of H-pyrrole nitrogens is 1. The number of morpholine rings is 1. The molecule has 32 heavy (non-hydrogen) atoms. The summed E-state index contributed by atoms with van der Waals surface area (Å²) >= 11 is 6.22. The number of carbonyl (C=O) groups is 2. The van der Waals surface area contributed by atoms with Crippen LogP contribution in [0, 0.1) is 6.92 Å². The molecule has 0 radical (unpaired) electrons. The smallest absolute Gasteiger partial charge is 0.256 e. The van der Waals surface area contributed by atoms with E-state index in [4.69, 9.17) is 16.3 Å². The van der Waals surface area contributed by atoms with Crippen LogP contribution in [0.5, 0.6) is 0 Å². The topological polar surface area (TPSA) is 86.5 Å². The van der Waals surface area contributed by atoms with Crippen LogP contribution in [0.1, 0.15) is 45.7 Å². The molecular formula is C24H27ClN4O3. The van der Waals surface area contributed by atoms with E-state index in [1.165, 1.54) is 0 Å². The van der Waals surface area contributed by atoms with Gasteiger partial charge in [-0.2, -0.15) is 0 Å². The van der Waals surface area contributed by atoms with E-state index in [0.717, 1.165) is 85.9 Å². The van der Waals surface area contributed by atoms with Crippen LogP contribution in [0.15, 0.2) is 18.2 Å². The van der Waals surface area contributed by atoms with Crippen molar-refractivity contribution in [2.24, 2.45) is 0 Å². The standard InChI is InChI=1S/C24H27ClN4O3/c1-14-20(23(30)26-7-8-29-9-11-32-12-10-29)16-3-2-4-17(22(16)27-14)21-18-13-15(25)5-6-19(18)28-24(21)31/h5-6,13,27H,2-4,7-12H2,1H3,(H,26,30)(H,28,31). The molecule has 2 aliphatic heterocycles. The Morgan fingerprint density at radius 2 is 2.06 bits per heavy atom. The van der Waals surface area contributed by atoms with E-state index < -0.39 is 0 Å². The number of fused-ring (bicyclic) bond motifs is 2. The molecule has 1 aromatic heterocycles. The van der Waals surface area contributed by atoms with E-state index in [0.29, 0.717) is 22.7 Å². The van der Waals surface area contributed by atoms with E-state index in [2.05, 4.69) is 20.5 Å². The van der Waals surface area contributed by atoms with Gasteiger partial charge >= 0.3 is 0 Å². The van der Waals surface area contributed by atoms with Gasteiger partial charge in [-0.1, -0.05) is 11.6 Å². The molecular weight excluding hydrogens is 428 g/mol. The lowest BCUT2D eigenvalue weighted by Crippen LogP contribution is -2.41. The highest BCUT2D eigenvalue weighted by Gasteiger charge is 2.33. The van der Waals surface area contributed by atoms with Gasteiger partial charge < -0.3 is 20.4 Å². The van der Waals surface area contributed by atoms with Gasteiger partial charge in [-0.05, 0) is 55.5 Å². The fourth-order valence-electron chi connectivity index (χ4n) is 4.99. The summed E-state index contributed by atoms with van der Waals surface area (Å²) in [7, 11) is 0. The summed E-state index contributed by atoms with van der Waals surface area (Å²) in [5.41, 5.74) is 6.68. The molecule has 7 nitrogen and oxygen atoms in total. The minimum absolute atomic E-state index is 0.0566. The van der Waals surface area contributed by atoms with Crippen molar-refractivity contribution in [1.82, 2.24) is 15.2 Å². The third-order valence-corrected chi connectivity index (χ3v) is 6.75. The number of aromatic amines is 1. The van der Waals surface area contributed by atoms with Crippen LogP contribution in [0.3, 0.4) is 0 Å². The maximum absolute atomic E-state index is 13.1. The van der Waals surface area contributed by atoms with Crippen LogP contribution < -0.4 is 10.6 Å². The zero-order chi connectivity index (χ0) is 22.2. The Labute approximate surface area is 192 Å². The first-order valence-corrected chi connectivity index (χ1v) is 11.5. The first-order valence-electron chi connectivity index (χ1n) is 11.2. The molecule has 2 aromatic rings. The van der Waals surface area contributed by atoms with Crippen LogP contribution >= 0.6 is 11.6 Å². The fraction of sp³-hybridized carbons (Fsp3) is 0.417. The maximum atomic E-state index is 13.1. The van der Waals surface area contributed by atoms with Crippen molar-refractivity contribution in [3.05, 3.63) is 51.3 Å². The molecule has 1 aliphatic carbocycles. The molecule has 0 unspecified atom stereocenters. The number of nitrogens with one attached hydrogen (secondary N) is 3. The maximum Gasteiger partial charge on any atom is 0.256 e. The third-order valence-electron chi connectivity index (χ3n) is 6.52. The summed E-state index contributed by atoms with van der Waals surface area (Å²) in [5.74, 6) is -0.173. The predicted molar refractivity (Wildman–Crippen MR) is 125 cm³/mol. The van der Waals surface area contributed by atoms with Crippen LogP contribution in [0.4, 0.5) is 5.69 Å². The first-order chi connectivity index (χ1) is 15.5. The van der Waals surface area contributed by atoms with Crippen molar-refractivity contribution in [3.8, 4) is 0 Å². The van der Waals surface area contributed by atoms with Gasteiger partial charge in [0.05, 0.1) is 24.4 Å². The van der Waals surface area contributed by atoms with Gasteiger partial charge in [0.15, 0.2) is 0 Å². The molecule has 3 aliphatic rings. The van der Waals surface area contributed by atoms with Crippen LogP contribution in [0.25, 0.3) is 11.1 Å². The molecule has 0 atom stereocenters. The molecule has 3 N–H and O–H groups in total. The largest absolute Gasteiger partial charge is 0.379 e. The lowest BCUT2D eigenvalue weighted by atomic mass is 9.86. The Hall–Kier alpha value is -2.61. The molecule has 3 heterocycles. The molecule has 2 amide bonds. The number of aromatic nitrogens is 1. The van der Waals surface area contributed by atoms with Crippen molar-refractivity contribution >= 4 is 40.2 Å². The van der Waals surface area contributed by atoms with Crippen molar-refractivity contribution in [2.75, 3.05) is 44.7 Å². The van der Waals surface area contributed by atoms with Gasteiger partial charge in [-0.3, -0.25) is 14.5 Å². The second kappa shape index (κ2) is 8.73. The van der Waals surface area contributed by atoms with Gasteiger partial charge in [0, 0.05) is 53.8 Å². The third kappa shape index (κ3) is 3.85. The van der Waals surface area contributed by atoms with Gasteiger partial charge in [-0.25, -0.2) is 0 Å². The number of anilines is 1. The Kier molecular flexibility index (Phi) is 5.80. The van der Waals surface area contributed by atoms with Gasteiger partial charge in [0.2, 0.25) is 0 Å². The quantitative estimate of drug-likeness (QED) is 0.619. The number of aryl methyl sites for hydroxylation is 1. The van der Waals surface area contributed by atoms with E-state index in [1.54, 1.807) is 6.07 Å². The van der Waals surface area contributed by atoms with E-state index in [1.807, 2.05) is 19.1 Å². The number of ether oxygens (including phenoxy) is 1. The number of hydrogen-bond acceptors (Lipinski definition) is 4. The van der Waals surface area contributed by atoms with Crippen molar-refractivity contribution in [3.63, 3.8) is 0 Å². The minimum Gasteiger partial charge on any atom is -0.379 e. The number of benzene rings is 1. The van der Waals surface area contributed by atoms with Crippen LogP contribution in [-0.4, -0.2) is 61.1 Å². The SMILES string of the molecule is Cc1[nH]c2c(c1C(=O)NCCN1CCOCC1)CCCC2=C1C(=O)Nc2ccc(Cl)cc21. The molecule has 0 saturated carbocycles. The molecule has 8 heteroatoms. The summed E-state index contributed by atoms with van der Waals surface area (Å²) in [6, 6.07) is 5.44. The van der Waals surface area contributed by atoms with E-state index in [9.17, 15) is 9.59 Å². The van der Waals surface area contributed by atoms with Gasteiger partial charge in [-0.15, -0.1) is 0 Å². The average Bonchev–Trinajstić information content (AvgIpc) is 3.29. The van der Waals surface area contributed by atoms with Crippen LogP contribution in [0.2, 0.25) is 5.02 Å². The molecule has 1 aromatic carbocycles. The molecule has 1 saturated heterocycles. The summed E-state index contributed by atoms with van der Waals surface area (Å²) in [6.07, 6.45) is 2.48. The molecule has 1 fully saturated rings. The Bertz CT molecular complexity index is 1110. The second-order valence-corrected chi connectivity index (χ2v) is 8.98. The van der Waals surface area contributed by atoms with Crippen molar-refractivity contribution < 1.29 is 14.3 Å². The van der Waals surface area contributed by atoms with E-state index in [-0.39, 0.29) is 11.8 Å². The minimum atomic E-state index is -0.117. The predicted octanol–water partition coefficient (Wildman–Crippen LogP) is 3.24. The number of hydrogen-bond donors (Lipinski definition) is 3. The highest BCUT2D eigenvalue weighted by Crippen LogP contribution is 2.43. The van der Waals surface area contributed by atoms with Crippen molar-refractivity contribution in [2.45, 2.75) is 26.2 Å². The fourth-order valence-corrected chi connectivity index (χ4v) is 5.16. The lowest BCUT2D eigenvalue weighted by Gasteiger charge is -2.26. The first kappa shape index (κ1) is 21.2. The van der Waals surface area contributed by atoms with Gasteiger partial charge in [0.25, 0.3) is 11.8 Å².